The molecule has 2 aromatic rings. The van der Waals surface area contributed by atoms with Crippen LogP contribution < -0.4 is 9.47 Å². The fraction of sp³-hybridized carbons (Fsp3) is 0.543. The van der Waals surface area contributed by atoms with Crippen LogP contribution in [0.2, 0.25) is 0 Å². The summed E-state index contributed by atoms with van der Waals surface area (Å²) in [6.45, 7) is 23.8. The highest BCUT2D eigenvalue weighted by atomic mass is 79.9. The minimum absolute atomic E-state index is 0.00764. The van der Waals surface area contributed by atoms with Crippen LogP contribution in [0.25, 0.3) is 11.5 Å². The van der Waals surface area contributed by atoms with Gasteiger partial charge in [0.15, 0.2) is 0 Å². The molecular weight excluding hydrogens is 596 g/mol. The summed E-state index contributed by atoms with van der Waals surface area (Å²) < 4.78 is 23.8. The van der Waals surface area contributed by atoms with Crippen molar-refractivity contribution in [2.24, 2.45) is 21.7 Å². The van der Waals surface area contributed by atoms with Gasteiger partial charge in [-0.3, -0.25) is 5.26 Å². The van der Waals surface area contributed by atoms with Crippen LogP contribution in [0.4, 0.5) is 0 Å². The molecule has 7 heteroatoms. The van der Waals surface area contributed by atoms with Crippen molar-refractivity contribution in [3.05, 3.63) is 68.7 Å². The summed E-state index contributed by atoms with van der Waals surface area (Å²) in [5, 5.41) is 8.65. The Morgan fingerprint density at radius 1 is 0.738 bits per heavy atom. The lowest BCUT2D eigenvalue weighted by molar-refractivity contribution is -0.253. The van der Waals surface area contributed by atoms with Gasteiger partial charge < -0.3 is 18.9 Å². The SMILES string of the molecule is COc1cc(C2=C(C(C)(C)C)C(C)(C)CO2)ccc1Br.COc1cc(C2=C(C(C)(C)C)C(C)(C)CO2)ccc1COO. The van der Waals surface area contributed by atoms with Gasteiger partial charge in [-0.15, -0.1) is 0 Å². The van der Waals surface area contributed by atoms with Crippen molar-refractivity contribution in [2.75, 3.05) is 27.4 Å². The molecule has 42 heavy (non-hydrogen) atoms. The van der Waals surface area contributed by atoms with Crippen LogP contribution in [0.15, 0.2) is 52.0 Å². The van der Waals surface area contributed by atoms with Gasteiger partial charge in [-0.25, -0.2) is 4.89 Å². The molecule has 1 N–H and O–H groups in total. The highest BCUT2D eigenvalue weighted by molar-refractivity contribution is 9.10. The first-order valence-corrected chi connectivity index (χ1v) is 15.2. The van der Waals surface area contributed by atoms with Crippen LogP contribution in [0.5, 0.6) is 11.5 Å². The molecule has 2 aliphatic rings. The van der Waals surface area contributed by atoms with Crippen molar-refractivity contribution in [1.82, 2.24) is 0 Å². The van der Waals surface area contributed by atoms with Crippen molar-refractivity contribution in [3.8, 4) is 11.5 Å². The van der Waals surface area contributed by atoms with Crippen LogP contribution in [0, 0.1) is 21.7 Å². The van der Waals surface area contributed by atoms with E-state index in [0.29, 0.717) is 12.4 Å². The zero-order chi connectivity index (χ0) is 31.7. The monoisotopic (exact) mass is 644 g/mol. The first-order valence-electron chi connectivity index (χ1n) is 14.4. The lowest BCUT2D eigenvalue weighted by atomic mass is 9.71. The van der Waals surface area contributed by atoms with Crippen LogP contribution in [-0.2, 0) is 21.0 Å². The van der Waals surface area contributed by atoms with E-state index in [-0.39, 0.29) is 28.3 Å². The molecule has 2 aromatic carbocycles. The summed E-state index contributed by atoms with van der Waals surface area (Å²) in [5.74, 6) is 3.46. The van der Waals surface area contributed by atoms with Crippen molar-refractivity contribution < 1.29 is 29.1 Å². The van der Waals surface area contributed by atoms with E-state index in [4.69, 9.17) is 24.2 Å². The van der Waals surface area contributed by atoms with Crippen LogP contribution in [0.1, 0.15) is 85.9 Å². The van der Waals surface area contributed by atoms with Gasteiger partial charge in [0, 0.05) is 27.5 Å². The molecule has 2 aliphatic heterocycles. The Kier molecular flexibility index (Phi) is 10.2. The van der Waals surface area contributed by atoms with Gasteiger partial charge in [0.25, 0.3) is 0 Å². The normalized spacial score (nSPS) is 17.9. The van der Waals surface area contributed by atoms with Gasteiger partial charge in [0.2, 0.25) is 0 Å². The number of hydrogen-bond donors (Lipinski definition) is 1. The fourth-order valence-electron chi connectivity index (χ4n) is 6.45. The summed E-state index contributed by atoms with van der Waals surface area (Å²) in [7, 11) is 3.29. The minimum atomic E-state index is 0.00764. The third-order valence-corrected chi connectivity index (χ3v) is 8.30. The molecule has 6 nitrogen and oxygen atoms in total. The first kappa shape index (κ1) is 34.0. The molecule has 0 radical (unpaired) electrons. The zero-order valence-corrected chi connectivity index (χ0v) is 29.0. The molecule has 0 amide bonds. The number of ether oxygens (including phenoxy) is 4. The minimum Gasteiger partial charge on any atom is -0.496 e. The standard InChI is InChI=1S/C18H26O4.C17H23BrO2/c1-17(2,3)16-15(21-11-18(16,4)5)12-7-8-13(10-22-19)14(9-12)20-6;1-16(2,3)15-14(20-10-17(15,4)5)11-7-8-12(18)13(9-11)19-6/h7-9,19H,10-11H2,1-6H3;7-9H,10H2,1-6H3. The van der Waals surface area contributed by atoms with Crippen LogP contribution >= 0.6 is 15.9 Å². The summed E-state index contributed by atoms with van der Waals surface area (Å²) in [6, 6.07) is 11.9. The third kappa shape index (κ3) is 7.35. The lowest BCUT2D eigenvalue weighted by Gasteiger charge is -2.31. The van der Waals surface area contributed by atoms with E-state index in [9.17, 15) is 0 Å². The zero-order valence-electron chi connectivity index (χ0n) is 27.5. The molecule has 0 saturated heterocycles. The maximum absolute atomic E-state index is 8.65. The van der Waals surface area contributed by atoms with Gasteiger partial charge in [0.05, 0.1) is 31.9 Å². The molecule has 0 spiro atoms. The van der Waals surface area contributed by atoms with E-state index in [1.165, 1.54) is 11.1 Å². The Labute approximate surface area is 261 Å². The molecule has 232 valence electrons. The van der Waals surface area contributed by atoms with E-state index in [1.54, 1.807) is 14.2 Å². The van der Waals surface area contributed by atoms with E-state index >= 15 is 0 Å². The van der Waals surface area contributed by atoms with Gasteiger partial charge >= 0.3 is 0 Å². The number of halogens is 1. The van der Waals surface area contributed by atoms with Crippen molar-refractivity contribution in [2.45, 2.75) is 75.8 Å². The molecule has 0 unspecified atom stereocenters. The molecule has 0 fully saturated rings. The lowest BCUT2D eigenvalue weighted by Crippen LogP contribution is -2.24. The third-order valence-electron chi connectivity index (χ3n) is 7.65. The second kappa shape index (κ2) is 12.6. The van der Waals surface area contributed by atoms with Crippen LogP contribution in [0.3, 0.4) is 0 Å². The predicted molar refractivity (Wildman–Crippen MR) is 173 cm³/mol. The largest absolute Gasteiger partial charge is 0.496 e. The summed E-state index contributed by atoms with van der Waals surface area (Å²) in [6.07, 6.45) is 0. The van der Waals surface area contributed by atoms with E-state index in [1.807, 2.05) is 30.3 Å². The second-order valence-electron chi connectivity index (χ2n) is 14.4. The fourth-order valence-corrected chi connectivity index (χ4v) is 6.86. The van der Waals surface area contributed by atoms with Crippen LogP contribution in [-0.4, -0.2) is 32.7 Å². The molecule has 4 rings (SSSR count). The summed E-state index contributed by atoms with van der Waals surface area (Å²) in [4.78, 5) is 4.22. The Morgan fingerprint density at radius 2 is 1.17 bits per heavy atom. The Hall–Kier alpha value is -2.48. The van der Waals surface area contributed by atoms with E-state index in [2.05, 4.69) is 96.1 Å². The van der Waals surface area contributed by atoms with E-state index < -0.39 is 0 Å². The molecular formula is C35H49BrO6. The average Bonchev–Trinajstić information content (AvgIpc) is 3.40. The molecule has 2 heterocycles. The highest BCUT2D eigenvalue weighted by Crippen LogP contribution is 2.51. The smallest absolute Gasteiger partial charge is 0.133 e. The second-order valence-corrected chi connectivity index (χ2v) is 15.3. The molecule has 0 bridgehead atoms. The van der Waals surface area contributed by atoms with Crippen molar-refractivity contribution in [3.63, 3.8) is 0 Å². The molecule has 0 aliphatic carbocycles. The summed E-state index contributed by atoms with van der Waals surface area (Å²) >= 11 is 3.49. The number of benzene rings is 2. The van der Waals surface area contributed by atoms with E-state index in [0.717, 1.165) is 45.0 Å². The topological polar surface area (TPSA) is 66.4 Å². The Morgan fingerprint density at radius 3 is 1.57 bits per heavy atom. The van der Waals surface area contributed by atoms with Gasteiger partial charge in [-0.2, -0.15) is 0 Å². The van der Waals surface area contributed by atoms with Gasteiger partial charge in [-0.1, -0.05) is 81.4 Å². The molecule has 0 atom stereocenters. The summed E-state index contributed by atoms with van der Waals surface area (Å²) in [5.41, 5.74) is 5.73. The Balaban J connectivity index is 0.000000231. The predicted octanol–water partition coefficient (Wildman–Crippen LogP) is 9.77. The number of methoxy groups -OCH3 is 2. The first-order chi connectivity index (χ1) is 19.4. The quantitative estimate of drug-likeness (QED) is 0.249. The maximum atomic E-state index is 8.65. The number of rotatable bonds is 6. The maximum Gasteiger partial charge on any atom is 0.133 e. The average molecular weight is 646 g/mol. The molecule has 0 aromatic heterocycles. The number of hydrogen-bond acceptors (Lipinski definition) is 6. The van der Waals surface area contributed by atoms with Gasteiger partial charge in [0.1, 0.15) is 29.6 Å². The highest BCUT2D eigenvalue weighted by Gasteiger charge is 2.42. The van der Waals surface area contributed by atoms with Crippen molar-refractivity contribution in [1.29, 1.82) is 0 Å². The van der Waals surface area contributed by atoms with Gasteiger partial charge in [-0.05, 0) is 62.2 Å². The molecule has 0 saturated carbocycles. The van der Waals surface area contributed by atoms with Crippen molar-refractivity contribution >= 4 is 27.4 Å². The Bertz CT molecular complexity index is 1340.